The molecule has 0 spiro atoms. The van der Waals surface area contributed by atoms with E-state index in [0.717, 1.165) is 26.1 Å². The lowest BCUT2D eigenvalue weighted by molar-refractivity contribution is -0.113. The number of primary amides is 1. The molecular weight excluding hydrogens is 292 g/mol. The molecule has 3 N–H and O–H groups in total. The van der Waals surface area contributed by atoms with E-state index in [1.807, 2.05) is 6.08 Å². The Kier molecular flexibility index (Phi) is 14.9. The summed E-state index contributed by atoms with van der Waals surface area (Å²) in [5.74, 6) is -0.491. The fraction of sp³-hybridized carbons (Fsp3) is 0.786. The van der Waals surface area contributed by atoms with Crippen molar-refractivity contribution in [3.63, 3.8) is 0 Å². The molecule has 126 valence electrons. The van der Waals surface area contributed by atoms with Gasteiger partial charge in [-0.2, -0.15) is 8.42 Å². The van der Waals surface area contributed by atoms with Crippen molar-refractivity contribution in [2.24, 2.45) is 5.73 Å². The first-order valence-electron chi connectivity index (χ1n) is 7.40. The molecule has 7 heteroatoms. The van der Waals surface area contributed by atoms with E-state index in [4.69, 9.17) is 10.3 Å². The summed E-state index contributed by atoms with van der Waals surface area (Å²) >= 11 is 0. The van der Waals surface area contributed by atoms with Crippen molar-refractivity contribution in [3.05, 3.63) is 12.2 Å². The number of hydrogen-bond donors (Lipinski definition) is 2. The lowest BCUT2D eigenvalue weighted by atomic mass is 10.3. The molecule has 0 aliphatic heterocycles. The minimum Gasteiger partial charge on any atom is -0.366 e. The summed E-state index contributed by atoms with van der Waals surface area (Å²) in [4.78, 5) is 12.8. The molecule has 0 aromatic carbocycles. The molecule has 0 bridgehead atoms. The molecule has 0 aromatic heterocycles. The molecule has 0 unspecified atom stereocenters. The zero-order valence-corrected chi connectivity index (χ0v) is 14.2. The van der Waals surface area contributed by atoms with Crippen molar-refractivity contribution in [1.29, 1.82) is 0 Å². The summed E-state index contributed by atoms with van der Waals surface area (Å²) in [6.07, 6.45) is 7.03. The molecular formula is C14H30N2O4S. The van der Waals surface area contributed by atoms with Gasteiger partial charge in [-0.1, -0.05) is 26.8 Å². The van der Waals surface area contributed by atoms with Gasteiger partial charge in [0.05, 0.1) is 5.75 Å². The lowest BCUT2D eigenvalue weighted by Gasteiger charge is -2.19. The highest BCUT2D eigenvalue weighted by Crippen LogP contribution is 1.96. The van der Waals surface area contributed by atoms with Crippen molar-refractivity contribution in [2.75, 3.05) is 25.4 Å². The van der Waals surface area contributed by atoms with Crippen LogP contribution >= 0.6 is 0 Å². The minimum atomic E-state index is -3.67. The molecule has 0 radical (unpaired) electrons. The second-order valence-electron chi connectivity index (χ2n) is 4.72. The minimum absolute atomic E-state index is 0.132. The van der Waals surface area contributed by atoms with E-state index in [2.05, 4.69) is 18.7 Å². The highest BCUT2D eigenvalue weighted by atomic mass is 32.2. The van der Waals surface area contributed by atoms with E-state index >= 15 is 0 Å². The molecule has 0 aromatic rings. The van der Waals surface area contributed by atoms with E-state index in [0.29, 0.717) is 6.42 Å². The van der Waals surface area contributed by atoms with Crippen LogP contribution in [0.1, 0.15) is 46.5 Å². The fourth-order valence-corrected chi connectivity index (χ4v) is 2.20. The van der Waals surface area contributed by atoms with Crippen LogP contribution in [0, 0.1) is 0 Å². The molecule has 0 saturated carbocycles. The molecule has 21 heavy (non-hydrogen) atoms. The second-order valence-corrected chi connectivity index (χ2v) is 6.29. The van der Waals surface area contributed by atoms with Gasteiger partial charge >= 0.3 is 0 Å². The molecule has 0 rings (SSSR count). The lowest BCUT2D eigenvalue weighted by Crippen LogP contribution is -2.26. The van der Waals surface area contributed by atoms with Crippen molar-refractivity contribution >= 4 is 16.0 Å². The average Bonchev–Trinajstić information content (AvgIpc) is 2.34. The summed E-state index contributed by atoms with van der Waals surface area (Å²) < 4.78 is 27.6. The molecule has 0 aliphatic rings. The first-order chi connectivity index (χ1) is 9.76. The van der Waals surface area contributed by atoms with E-state index in [-0.39, 0.29) is 11.7 Å². The maximum absolute atomic E-state index is 10.4. The number of carbonyl (C=O) groups is 1. The van der Waals surface area contributed by atoms with Gasteiger partial charge in [0.25, 0.3) is 10.1 Å². The van der Waals surface area contributed by atoms with Crippen LogP contribution in [0.25, 0.3) is 0 Å². The number of hydrogen-bond acceptors (Lipinski definition) is 4. The molecule has 0 saturated heterocycles. The van der Waals surface area contributed by atoms with Crippen molar-refractivity contribution in [1.82, 2.24) is 4.90 Å². The first-order valence-corrected chi connectivity index (χ1v) is 9.01. The van der Waals surface area contributed by atoms with Crippen LogP contribution in [0.4, 0.5) is 0 Å². The van der Waals surface area contributed by atoms with E-state index < -0.39 is 10.1 Å². The third-order valence-corrected chi connectivity index (χ3v) is 3.36. The van der Waals surface area contributed by atoms with Gasteiger partial charge in [-0.15, -0.1) is 0 Å². The zero-order chi connectivity index (χ0) is 16.7. The van der Waals surface area contributed by atoms with Crippen molar-refractivity contribution < 1.29 is 17.8 Å². The van der Waals surface area contributed by atoms with Crippen LogP contribution in [0.3, 0.4) is 0 Å². The third-order valence-electron chi connectivity index (χ3n) is 2.44. The van der Waals surface area contributed by atoms with E-state index in [9.17, 15) is 13.2 Å². The Bertz CT molecular complexity index is 374. The predicted octanol–water partition coefficient (Wildman–Crippen LogP) is 1.82. The van der Waals surface area contributed by atoms with Crippen LogP contribution < -0.4 is 5.73 Å². The molecule has 0 aliphatic carbocycles. The van der Waals surface area contributed by atoms with Gasteiger partial charge in [0.1, 0.15) is 0 Å². The number of nitrogens with two attached hydrogens (primary N) is 1. The summed E-state index contributed by atoms with van der Waals surface area (Å²) in [6.45, 7) is 9.35. The monoisotopic (exact) mass is 322 g/mol. The molecule has 0 atom stereocenters. The normalized spacial score (nSPS) is 11.5. The second kappa shape index (κ2) is 14.0. The van der Waals surface area contributed by atoms with Gasteiger partial charge in [0.2, 0.25) is 5.91 Å². The Hall–Kier alpha value is -0.920. The topological polar surface area (TPSA) is 101 Å². The molecule has 0 fully saturated rings. The van der Waals surface area contributed by atoms with E-state index in [1.54, 1.807) is 6.92 Å². The maximum atomic E-state index is 10.4. The highest BCUT2D eigenvalue weighted by molar-refractivity contribution is 7.85. The Labute approximate surface area is 129 Å². The number of amides is 1. The number of carbonyl (C=O) groups excluding carboxylic acids is 1. The SMILES string of the molecule is CCCN(CCC)CCC=CC(N)=O.CCCS(=O)(=O)O. The van der Waals surface area contributed by atoms with Gasteiger partial charge in [-0.3, -0.25) is 9.35 Å². The van der Waals surface area contributed by atoms with Crippen molar-refractivity contribution in [3.8, 4) is 0 Å². The third kappa shape index (κ3) is 21.5. The summed E-state index contributed by atoms with van der Waals surface area (Å²) in [5.41, 5.74) is 4.99. The first kappa shape index (κ1) is 22.4. The summed E-state index contributed by atoms with van der Waals surface area (Å²) in [7, 11) is -3.67. The van der Waals surface area contributed by atoms with Gasteiger partial charge in [-0.05, 0) is 44.8 Å². The molecule has 0 heterocycles. The molecule has 6 nitrogen and oxygen atoms in total. The Morgan fingerprint density at radius 3 is 1.90 bits per heavy atom. The fourth-order valence-electron chi connectivity index (χ4n) is 1.68. The van der Waals surface area contributed by atoms with Crippen LogP contribution in [-0.2, 0) is 14.9 Å². The number of rotatable bonds is 10. The van der Waals surface area contributed by atoms with Crippen LogP contribution in [0.5, 0.6) is 0 Å². The Morgan fingerprint density at radius 1 is 1.10 bits per heavy atom. The Balaban J connectivity index is 0. The van der Waals surface area contributed by atoms with Gasteiger partial charge in [0, 0.05) is 6.54 Å². The quantitative estimate of drug-likeness (QED) is 0.472. The maximum Gasteiger partial charge on any atom is 0.264 e. The van der Waals surface area contributed by atoms with Gasteiger partial charge < -0.3 is 10.6 Å². The number of nitrogens with zero attached hydrogens (tertiary/aromatic N) is 1. The standard InChI is InChI=1S/C11H22N2O.C3H8O3S/c1-3-8-13(9-4-2)10-6-5-7-11(12)14;1-2-3-7(4,5)6/h5,7H,3-4,6,8-10H2,1-2H3,(H2,12,14);2-3H2,1H3,(H,4,5,6). The summed E-state index contributed by atoms with van der Waals surface area (Å²) in [6, 6.07) is 0. The van der Waals surface area contributed by atoms with Gasteiger partial charge in [0.15, 0.2) is 0 Å². The predicted molar refractivity (Wildman–Crippen MR) is 86.7 cm³/mol. The van der Waals surface area contributed by atoms with Crippen LogP contribution in [0.15, 0.2) is 12.2 Å². The zero-order valence-electron chi connectivity index (χ0n) is 13.4. The van der Waals surface area contributed by atoms with Crippen LogP contribution in [0.2, 0.25) is 0 Å². The highest BCUT2D eigenvalue weighted by Gasteiger charge is 2.00. The van der Waals surface area contributed by atoms with E-state index in [1.165, 1.54) is 18.9 Å². The average molecular weight is 322 g/mol. The summed E-state index contributed by atoms with van der Waals surface area (Å²) in [5, 5.41) is 0. The molecule has 1 amide bonds. The Morgan fingerprint density at radius 2 is 1.62 bits per heavy atom. The van der Waals surface area contributed by atoms with Crippen LogP contribution in [-0.4, -0.2) is 49.2 Å². The van der Waals surface area contributed by atoms with Gasteiger partial charge in [-0.25, -0.2) is 0 Å². The van der Waals surface area contributed by atoms with Crippen molar-refractivity contribution in [2.45, 2.75) is 46.5 Å². The smallest absolute Gasteiger partial charge is 0.264 e. The largest absolute Gasteiger partial charge is 0.366 e.